The lowest BCUT2D eigenvalue weighted by molar-refractivity contribution is 0.0692. The Kier molecular flexibility index (Phi) is 15.8. The highest BCUT2D eigenvalue weighted by atomic mass is 16.5. The quantitative estimate of drug-likeness (QED) is 0.205. The molecule has 0 unspecified atom stereocenters. The highest BCUT2D eigenvalue weighted by molar-refractivity contribution is 5.93. The van der Waals surface area contributed by atoms with Gasteiger partial charge in [0.1, 0.15) is 5.56 Å². The van der Waals surface area contributed by atoms with Crippen LogP contribution in [0.5, 0.6) is 5.75 Å². The number of carboxylic acid groups (broad SMARTS) is 1. The van der Waals surface area contributed by atoms with E-state index in [1.54, 1.807) is 18.2 Å². The van der Waals surface area contributed by atoms with Gasteiger partial charge in [-0.1, -0.05) is 96.5 Å². The Morgan fingerprint density at radius 1 is 0.867 bits per heavy atom. The van der Waals surface area contributed by atoms with Gasteiger partial charge in [0.15, 0.2) is 5.75 Å². The van der Waals surface area contributed by atoms with Crippen molar-refractivity contribution in [3.63, 3.8) is 0 Å². The molecule has 5 nitrogen and oxygen atoms in total. The van der Waals surface area contributed by atoms with Crippen molar-refractivity contribution >= 4 is 11.7 Å². The smallest absolute Gasteiger partial charge is 0.339 e. The van der Waals surface area contributed by atoms with Crippen molar-refractivity contribution in [1.29, 1.82) is 0 Å². The van der Waals surface area contributed by atoms with Crippen molar-refractivity contribution < 1.29 is 19.7 Å². The number of anilines is 1. The Labute approximate surface area is 183 Å². The summed E-state index contributed by atoms with van der Waals surface area (Å²) in [4.78, 5) is 11.5. The second-order valence-corrected chi connectivity index (χ2v) is 8.08. The second kappa shape index (κ2) is 18.1. The zero-order chi connectivity index (χ0) is 21.9. The summed E-state index contributed by atoms with van der Waals surface area (Å²) in [5, 5.41) is 21.4. The molecular formula is C25H43NO4. The van der Waals surface area contributed by atoms with Gasteiger partial charge in [-0.15, -0.1) is 0 Å². The van der Waals surface area contributed by atoms with Crippen LogP contribution in [0, 0.1) is 0 Å². The first-order valence-electron chi connectivity index (χ1n) is 12.0. The van der Waals surface area contributed by atoms with Crippen molar-refractivity contribution in [3.8, 4) is 5.75 Å². The molecular weight excluding hydrogens is 378 g/mol. The van der Waals surface area contributed by atoms with E-state index in [0.717, 1.165) is 12.8 Å². The van der Waals surface area contributed by atoms with Crippen LogP contribution in [0.15, 0.2) is 18.2 Å². The van der Waals surface area contributed by atoms with Gasteiger partial charge in [0.05, 0.1) is 18.9 Å². The maximum absolute atomic E-state index is 11.5. The van der Waals surface area contributed by atoms with Gasteiger partial charge < -0.3 is 20.3 Å². The lowest BCUT2D eigenvalue weighted by Gasteiger charge is -2.15. The van der Waals surface area contributed by atoms with Crippen LogP contribution in [0.1, 0.15) is 107 Å². The summed E-state index contributed by atoms with van der Waals surface area (Å²) in [7, 11) is 0. The van der Waals surface area contributed by atoms with Crippen molar-refractivity contribution in [3.05, 3.63) is 23.8 Å². The molecule has 0 aromatic heterocycles. The molecule has 1 aromatic carbocycles. The molecule has 0 aliphatic carbocycles. The number of rotatable bonds is 20. The molecule has 172 valence electrons. The van der Waals surface area contributed by atoms with Gasteiger partial charge in [-0.05, 0) is 18.6 Å². The minimum atomic E-state index is -1.00. The van der Waals surface area contributed by atoms with Gasteiger partial charge >= 0.3 is 5.97 Å². The Morgan fingerprint density at radius 3 is 1.90 bits per heavy atom. The fraction of sp³-hybridized carbons (Fsp3) is 0.720. The fourth-order valence-electron chi connectivity index (χ4n) is 3.66. The third-order valence-electron chi connectivity index (χ3n) is 5.42. The predicted octanol–water partition coefficient (Wildman–Crippen LogP) is 6.65. The number of para-hydroxylation sites is 1. The van der Waals surface area contributed by atoms with Gasteiger partial charge in [-0.3, -0.25) is 0 Å². The first kappa shape index (κ1) is 26.3. The van der Waals surface area contributed by atoms with Crippen LogP contribution in [0.4, 0.5) is 5.69 Å². The van der Waals surface area contributed by atoms with Crippen LogP contribution < -0.4 is 10.1 Å². The summed E-state index contributed by atoms with van der Waals surface area (Å²) in [5.74, 6) is -0.633. The number of ether oxygens (including phenoxy) is 1. The maximum Gasteiger partial charge on any atom is 0.339 e. The Balaban J connectivity index is 2.09. The number of aliphatic hydroxyl groups is 1. The van der Waals surface area contributed by atoms with Crippen LogP contribution in [0.2, 0.25) is 0 Å². The highest BCUT2D eigenvalue weighted by Crippen LogP contribution is 2.29. The monoisotopic (exact) mass is 421 g/mol. The zero-order valence-corrected chi connectivity index (χ0v) is 19.0. The van der Waals surface area contributed by atoms with Crippen molar-refractivity contribution in [1.82, 2.24) is 0 Å². The van der Waals surface area contributed by atoms with Crippen molar-refractivity contribution in [2.45, 2.75) is 96.8 Å². The van der Waals surface area contributed by atoms with Gasteiger partial charge in [-0.2, -0.15) is 0 Å². The SMILES string of the molecule is CCCCCCCCCCCCCCCCOc1c(NCCO)cccc1C(=O)O. The number of nitrogens with one attached hydrogen (secondary N) is 1. The molecule has 0 heterocycles. The molecule has 1 rings (SSSR count). The molecule has 0 aliphatic heterocycles. The minimum Gasteiger partial charge on any atom is -0.491 e. The summed E-state index contributed by atoms with van der Waals surface area (Å²) in [6.45, 7) is 3.11. The molecule has 0 atom stereocenters. The van der Waals surface area contributed by atoms with Crippen LogP contribution in [0.3, 0.4) is 0 Å². The van der Waals surface area contributed by atoms with Crippen LogP contribution in [-0.2, 0) is 0 Å². The topological polar surface area (TPSA) is 78.8 Å². The van der Waals surface area contributed by atoms with E-state index < -0.39 is 5.97 Å². The minimum absolute atomic E-state index is 0.0182. The summed E-state index contributed by atoms with van der Waals surface area (Å²) in [6, 6.07) is 5.01. The Hall–Kier alpha value is -1.75. The first-order valence-corrected chi connectivity index (χ1v) is 12.0. The summed E-state index contributed by atoms with van der Waals surface area (Å²) in [5.41, 5.74) is 0.776. The summed E-state index contributed by atoms with van der Waals surface area (Å²) < 4.78 is 5.81. The van der Waals surface area contributed by atoms with Crippen LogP contribution in [-0.4, -0.2) is 35.9 Å². The first-order chi connectivity index (χ1) is 14.7. The molecule has 0 radical (unpaired) electrons. The van der Waals surface area contributed by atoms with E-state index in [4.69, 9.17) is 9.84 Å². The molecule has 5 heteroatoms. The number of aliphatic hydroxyl groups excluding tert-OH is 1. The zero-order valence-electron chi connectivity index (χ0n) is 19.0. The summed E-state index contributed by atoms with van der Waals surface area (Å²) >= 11 is 0. The molecule has 0 spiro atoms. The van der Waals surface area contributed by atoms with Gasteiger partial charge in [-0.25, -0.2) is 4.79 Å². The highest BCUT2D eigenvalue weighted by Gasteiger charge is 2.15. The average molecular weight is 422 g/mol. The average Bonchev–Trinajstić information content (AvgIpc) is 2.75. The standard InChI is InChI=1S/C25H43NO4/c1-2-3-4-5-6-7-8-9-10-11-12-13-14-15-21-30-24-22(25(28)29)17-16-18-23(24)26-19-20-27/h16-18,26-27H,2-15,19-21H2,1H3,(H,28,29). The van der Waals surface area contributed by atoms with Crippen molar-refractivity contribution in [2.75, 3.05) is 25.1 Å². The molecule has 0 bridgehead atoms. The van der Waals surface area contributed by atoms with Crippen molar-refractivity contribution in [2.24, 2.45) is 0 Å². The number of aromatic carboxylic acids is 1. The van der Waals surface area contributed by atoms with Crippen LogP contribution in [0.25, 0.3) is 0 Å². The Morgan fingerprint density at radius 2 is 1.40 bits per heavy atom. The third kappa shape index (κ3) is 12.1. The molecule has 0 fully saturated rings. The van der Waals surface area contributed by atoms with Gasteiger partial charge in [0.25, 0.3) is 0 Å². The third-order valence-corrected chi connectivity index (χ3v) is 5.42. The van der Waals surface area contributed by atoms with E-state index >= 15 is 0 Å². The number of carbonyl (C=O) groups is 1. The molecule has 0 aliphatic rings. The van der Waals surface area contributed by atoms with Gasteiger partial charge in [0, 0.05) is 6.54 Å². The van der Waals surface area contributed by atoms with Gasteiger partial charge in [0.2, 0.25) is 0 Å². The van der Waals surface area contributed by atoms with Crippen LogP contribution >= 0.6 is 0 Å². The molecule has 0 amide bonds. The number of unbranched alkanes of at least 4 members (excludes halogenated alkanes) is 13. The maximum atomic E-state index is 11.5. The number of hydrogen-bond donors (Lipinski definition) is 3. The fourth-order valence-corrected chi connectivity index (χ4v) is 3.66. The normalized spacial score (nSPS) is 10.9. The predicted molar refractivity (Wildman–Crippen MR) is 125 cm³/mol. The largest absolute Gasteiger partial charge is 0.491 e. The second-order valence-electron chi connectivity index (χ2n) is 8.08. The van der Waals surface area contributed by atoms with E-state index in [1.165, 1.54) is 77.0 Å². The van der Waals surface area contributed by atoms with E-state index in [0.29, 0.717) is 24.6 Å². The van der Waals surface area contributed by atoms with E-state index in [-0.39, 0.29) is 12.2 Å². The molecule has 30 heavy (non-hydrogen) atoms. The molecule has 3 N–H and O–H groups in total. The summed E-state index contributed by atoms with van der Waals surface area (Å²) in [6.07, 6.45) is 18.2. The number of hydrogen-bond acceptors (Lipinski definition) is 4. The van der Waals surface area contributed by atoms with E-state index in [1.807, 2.05) is 0 Å². The van der Waals surface area contributed by atoms with E-state index in [2.05, 4.69) is 12.2 Å². The Bertz CT molecular complexity index is 562. The lowest BCUT2D eigenvalue weighted by atomic mass is 10.0. The van der Waals surface area contributed by atoms with E-state index in [9.17, 15) is 9.90 Å². The number of carboxylic acids is 1. The molecule has 1 aromatic rings. The molecule has 0 saturated carbocycles. The molecule has 0 saturated heterocycles. The number of benzene rings is 1. The lowest BCUT2D eigenvalue weighted by Crippen LogP contribution is -2.11.